The Morgan fingerprint density at radius 3 is 2.73 bits per heavy atom. The number of amides is 1. The van der Waals surface area contributed by atoms with E-state index in [4.69, 9.17) is 9.72 Å². The molecule has 0 spiro atoms. The second-order valence-electron chi connectivity index (χ2n) is 7.78. The van der Waals surface area contributed by atoms with Crippen LogP contribution >= 0.6 is 23.1 Å². The molecule has 1 unspecified atom stereocenters. The van der Waals surface area contributed by atoms with E-state index < -0.39 is 0 Å². The lowest BCUT2D eigenvalue weighted by Gasteiger charge is -2.23. The first-order valence-corrected chi connectivity index (χ1v) is 12.4. The maximum atomic E-state index is 13.2. The van der Waals surface area contributed by atoms with Gasteiger partial charge in [0.1, 0.15) is 0 Å². The Hall–Kier alpha value is -1.89. The van der Waals surface area contributed by atoms with Crippen molar-refractivity contribution in [2.24, 2.45) is 0 Å². The number of aryl methyl sites for hydroxylation is 2. The number of carbonyl (C=O) groups excluding carboxylic acids is 1. The molecule has 1 aliphatic rings. The second kappa shape index (κ2) is 9.94. The molecule has 3 aromatic rings. The van der Waals surface area contributed by atoms with E-state index in [2.05, 4.69) is 38.1 Å². The van der Waals surface area contributed by atoms with Crippen molar-refractivity contribution in [3.05, 3.63) is 53.6 Å². The summed E-state index contributed by atoms with van der Waals surface area (Å²) in [6.07, 6.45) is 3.57. The highest BCUT2D eigenvalue weighted by atomic mass is 32.2. The zero-order chi connectivity index (χ0) is 20.9. The molecule has 1 aliphatic heterocycles. The summed E-state index contributed by atoms with van der Waals surface area (Å²) < 4.78 is 7.01. The molecular weight excluding hydrogens is 412 g/mol. The van der Waals surface area contributed by atoms with E-state index in [-0.39, 0.29) is 12.0 Å². The largest absolute Gasteiger partial charge is 0.376 e. The van der Waals surface area contributed by atoms with Crippen molar-refractivity contribution in [3.8, 4) is 0 Å². The third-order valence-corrected chi connectivity index (χ3v) is 7.73. The molecule has 0 bridgehead atoms. The number of nitrogens with zero attached hydrogens (tertiary/aromatic N) is 2. The first-order chi connectivity index (χ1) is 14.6. The molecule has 4 rings (SSSR count). The summed E-state index contributed by atoms with van der Waals surface area (Å²) in [6.45, 7) is 5.58. The standard InChI is InChI=1S/C24H28N2O2S2/c1-17-12-13-18(2)23-22(17)25-24(30-23)26(16-19-8-6-14-28-19)21(27)11-7-15-29-20-9-4-3-5-10-20/h3-5,9-10,12-13,19H,6-8,11,14-16H2,1-2H3. The van der Waals surface area contributed by atoms with Crippen LogP contribution in [0.25, 0.3) is 10.2 Å². The number of thiazole rings is 1. The molecule has 2 aromatic carbocycles. The summed E-state index contributed by atoms with van der Waals surface area (Å²) >= 11 is 3.43. The molecular formula is C24H28N2O2S2. The van der Waals surface area contributed by atoms with Crippen LogP contribution in [0.3, 0.4) is 0 Å². The van der Waals surface area contributed by atoms with Crippen molar-refractivity contribution in [2.45, 2.75) is 50.5 Å². The first-order valence-electron chi connectivity index (χ1n) is 10.6. The van der Waals surface area contributed by atoms with Gasteiger partial charge in [-0.05, 0) is 62.1 Å². The number of rotatable bonds is 8. The van der Waals surface area contributed by atoms with E-state index in [1.54, 1.807) is 23.1 Å². The molecule has 1 saturated heterocycles. The SMILES string of the molecule is Cc1ccc(C)c2sc(N(CC3CCCO3)C(=O)CCCSc3ccccc3)nc12. The van der Waals surface area contributed by atoms with Gasteiger partial charge in [0.05, 0.1) is 22.9 Å². The Labute approximate surface area is 186 Å². The van der Waals surface area contributed by atoms with Crippen LogP contribution in [0.5, 0.6) is 0 Å². The Kier molecular flexibility index (Phi) is 7.08. The minimum atomic E-state index is 0.113. The van der Waals surface area contributed by atoms with Gasteiger partial charge in [-0.1, -0.05) is 41.7 Å². The van der Waals surface area contributed by atoms with E-state index in [9.17, 15) is 4.79 Å². The zero-order valence-electron chi connectivity index (χ0n) is 17.6. The lowest BCUT2D eigenvalue weighted by molar-refractivity contribution is -0.119. The van der Waals surface area contributed by atoms with Crippen molar-refractivity contribution in [2.75, 3.05) is 23.8 Å². The Morgan fingerprint density at radius 2 is 2.00 bits per heavy atom. The molecule has 1 fully saturated rings. The van der Waals surface area contributed by atoms with Crippen molar-refractivity contribution in [3.63, 3.8) is 0 Å². The van der Waals surface area contributed by atoms with E-state index in [1.807, 2.05) is 23.1 Å². The number of aromatic nitrogens is 1. The van der Waals surface area contributed by atoms with Crippen molar-refractivity contribution in [1.82, 2.24) is 4.98 Å². The Morgan fingerprint density at radius 1 is 1.20 bits per heavy atom. The average Bonchev–Trinajstić information content (AvgIpc) is 3.43. The van der Waals surface area contributed by atoms with E-state index in [0.717, 1.165) is 47.8 Å². The molecule has 4 nitrogen and oxygen atoms in total. The number of carbonyl (C=O) groups is 1. The van der Waals surface area contributed by atoms with Gasteiger partial charge >= 0.3 is 0 Å². The summed E-state index contributed by atoms with van der Waals surface area (Å²) in [5.41, 5.74) is 3.38. The molecule has 1 atom stereocenters. The highest BCUT2D eigenvalue weighted by Crippen LogP contribution is 2.34. The van der Waals surface area contributed by atoms with Gasteiger partial charge in [-0.25, -0.2) is 4.98 Å². The fourth-order valence-electron chi connectivity index (χ4n) is 3.71. The average molecular weight is 441 g/mol. The normalized spacial score (nSPS) is 16.3. The smallest absolute Gasteiger partial charge is 0.228 e. The van der Waals surface area contributed by atoms with Crippen LogP contribution in [-0.4, -0.2) is 35.9 Å². The Bertz CT molecular complexity index is 958. The number of anilines is 1. The number of benzene rings is 2. The monoisotopic (exact) mass is 440 g/mol. The van der Waals surface area contributed by atoms with Crippen LogP contribution in [0.15, 0.2) is 47.4 Å². The lowest BCUT2D eigenvalue weighted by atomic mass is 10.1. The van der Waals surface area contributed by atoms with Crippen molar-refractivity contribution >= 4 is 44.4 Å². The maximum Gasteiger partial charge on any atom is 0.228 e. The Balaban J connectivity index is 1.47. The minimum Gasteiger partial charge on any atom is -0.376 e. The van der Waals surface area contributed by atoms with Crippen LogP contribution in [0, 0.1) is 13.8 Å². The van der Waals surface area contributed by atoms with Crippen LogP contribution in [-0.2, 0) is 9.53 Å². The molecule has 2 heterocycles. The van der Waals surface area contributed by atoms with E-state index >= 15 is 0 Å². The number of hydrogen-bond acceptors (Lipinski definition) is 5. The zero-order valence-corrected chi connectivity index (χ0v) is 19.2. The summed E-state index contributed by atoms with van der Waals surface area (Å²) in [4.78, 5) is 21.2. The predicted molar refractivity (Wildman–Crippen MR) is 127 cm³/mol. The molecule has 0 N–H and O–H groups in total. The molecule has 0 aliphatic carbocycles. The lowest BCUT2D eigenvalue weighted by Crippen LogP contribution is -2.37. The van der Waals surface area contributed by atoms with Crippen LogP contribution in [0.4, 0.5) is 5.13 Å². The molecule has 30 heavy (non-hydrogen) atoms. The topological polar surface area (TPSA) is 42.4 Å². The highest BCUT2D eigenvalue weighted by Gasteiger charge is 2.26. The van der Waals surface area contributed by atoms with E-state index in [1.165, 1.54) is 15.2 Å². The molecule has 1 aromatic heterocycles. The fourth-order valence-corrected chi connectivity index (χ4v) is 5.72. The predicted octanol–water partition coefficient (Wildman–Crippen LogP) is 6.00. The number of ether oxygens (including phenoxy) is 1. The molecule has 0 saturated carbocycles. The summed E-state index contributed by atoms with van der Waals surface area (Å²) in [7, 11) is 0. The number of fused-ring (bicyclic) bond motifs is 1. The first kappa shape index (κ1) is 21.3. The number of thioether (sulfide) groups is 1. The van der Waals surface area contributed by atoms with E-state index in [0.29, 0.717) is 13.0 Å². The van der Waals surface area contributed by atoms with Gasteiger partial charge in [-0.15, -0.1) is 11.8 Å². The fraction of sp³-hybridized carbons (Fsp3) is 0.417. The van der Waals surface area contributed by atoms with Crippen molar-refractivity contribution < 1.29 is 9.53 Å². The summed E-state index contributed by atoms with van der Waals surface area (Å²) in [5.74, 6) is 1.08. The molecule has 1 amide bonds. The minimum absolute atomic E-state index is 0.113. The molecule has 6 heteroatoms. The highest BCUT2D eigenvalue weighted by molar-refractivity contribution is 7.99. The third-order valence-electron chi connectivity index (χ3n) is 5.42. The maximum absolute atomic E-state index is 13.2. The molecule has 0 radical (unpaired) electrons. The van der Waals surface area contributed by atoms with Gasteiger partial charge in [0.2, 0.25) is 5.91 Å². The second-order valence-corrected chi connectivity index (χ2v) is 9.92. The van der Waals surface area contributed by atoms with Crippen molar-refractivity contribution in [1.29, 1.82) is 0 Å². The van der Waals surface area contributed by atoms with Gasteiger partial charge in [-0.2, -0.15) is 0 Å². The van der Waals surface area contributed by atoms with Gasteiger partial charge in [0.25, 0.3) is 0 Å². The van der Waals surface area contributed by atoms with Crippen LogP contribution < -0.4 is 4.90 Å². The summed E-state index contributed by atoms with van der Waals surface area (Å²) in [6, 6.07) is 14.6. The van der Waals surface area contributed by atoms with Gasteiger partial charge < -0.3 is 4.74 Å². The van der Waals surface area contributed by atoms with Crippen LogP contribution in [0.2, 0.25) is 0 Å². The third kappa shape index (κ3) is 5.05. The van der Waals surface area contributed by atoms with Gasteiger partial charge in [0, 0.05) is 17.9 Å². The number of hydrogen-bond donors (Lipinski definition) is 0. The summed E-state index contributed by atoms with van der Waals surface area (Å²) in [5, 5.41) is 0.804. The van der Waals surface area contributed by atoms with Gasteiger partial charge in [-0.3, -0.25) is 9.69 Å². The van der Waals surface area contributed by atoms with Gasteiger partial charge in [0.15, 0.2) is 5.13 Å². The molecule has 158 valence electrons. The quantitative estimate of drug-likeness (QED) is 0.318. The van der Waals surface area contributed by atoms with Crippen LogP contribution in [0.1, 0.15) is 36.8 Å².